The Kier molecular flexibility index (Phi) is 3.72. The number of morpholine rings is 1. The van der Waals surface area contributed by atoms with Crippen LogP contribution in [-0.2, 0) is 4.74 Å². The highest BCUT2D eigenvalue weighted by molar-refractivity contribution is 7.21. The molecule has 0 aliphatic carbocycles. The number of carbonyl (C=O) groups excluding carboxylic acids is 1. The molecular formula is C16H14N4O2S. The van der Waals surface area contributed by atoms with E-state index in [1.165, 1.54) is 11.3 Å². The molecule has 4 rings (SSSR count). The smallest absolute Gasteiger partial charge is 0.274 e. The predicted molar refractivity (Wildman–Crippen MR) is 87.4 cm³/mol. The van der Waals surface area contributed by atoms with Gasteiger partial charge in [-0.25, -0.2) is 15.0 Å². The lowest BCUT2D eigenvalue weighted by Crippen LogP contribution is -2.41. The summed E-state index contributed by atoms with van der Waals surface area (Å²) in [5.74, 6) is -0.115. The minimum Gasteiger partial charge on any atom is -0.378 e. The molecule has 2 aromatic heterocycles. The van der Waals surface area contributed by atoms with Gasteiger partial charge in [-0.2, -0.15) is 0 Å². The molecule has 3 heterocycles. The van der Waals surface area contributed by atoms with Crippen LogP contribution in [0.25, 0.3) is 20.9 Å². The summed E-state index contributed by atoms with van der Waals surface area (Å²) in [6.45, 7) is 2.27. The fourth-order valence-electron chi connectivity index (χ4n) is 2.54. The van der Waals surface area contributed by atoms with Crippen LogP contribution in [0, 0.1) is 0 Å². The Balaban J connectivity index is 1.75. The van der Waals surface area contributed by atoms with Crippen molar-refractivity contribution in [3.05, 3.63) is 42.4 Å². The number of carbonyl (C=O) groups is 1. The second kappa shape index (κ2) is 6.02. The molecule has 1 aliphatic rings. The highest BCUT2D eigenvalue weighted by atomic mass is 32.1. The number of benzene rings is 1. The van der Waals surface area contributed by atoms with E-state index in [4.69, 9.17) is 4.74 Å². The van der Waals surface area contributed by atoms with E-state index < -0.39 is 0 Å². The van der Waals surface area contributed by atoms with Crippen LogP contribution in [0.2, 0.25) is 0 Å². The highest BCUT2D eigenvalue weighted by Crippen LogP contribution is 2.30. The lowest BCUT2D eigenvalue weighted by Gasteiger charge is -2.26. The molecular weight excluding hydrogens is 312 g/mol. The number of aromatic nitrogens is 3. The first-order chi connectivity index (χ1) is 11.3. The van der Waals surface area contributed by atoms with Crippen molar-refractivity contribution in [2.24, 2.45) is 0 Å². The standard InChI is InChI=1S/C16H14N4O2S/c21-16(20-7-9-22-10-8-20)14-13(17-5-6-18-14)15-19-11-3-1-2-4-12(11)23-15/h1-6H,7-10H2. The maximum Gasteiger partial charge on any atom is 0.274 e. The molecule has 6 nitrogen and oxygen atoms in total. The number of rotatable bonds is 2. The summed E-state index contributed by atoms with van der Waals surface area (Å²) in [6, 6.07) is 7.88. The zero-order chi connectivity index (χ0) is 15.6. The second-order valence-corrected chi connectivity index (χ2v) is 6.18. The number of thiazole rings is 1. The Labute approximate surface area is 136 Å². The summed E-state index contributed by atoms with van der Waals surface area (Å²) >= 11 is 1.52. The number of amides is 1. The monoisotopic (exact) mass is 326 g/mol. The molecule has 1 aromatic carbocycles. The Hall–Kier alpha value is -2.38. The topological polar surface area (TPSA) is 68.2 Å². The molecule has 1 amide bonds. The summed E-state index contributed by atoms with van der Waals surface area (Å²) in [4.78, 5) is 27.7. The van der Waals surface area contributed by atoms with Crippen LogP contribution in [0.15, 0.2) is 36.7 Å². The van der Waals surface area contributed by atoms with Gasteiger partial charge in [0.15, 0.2) is 5.69 Å². The van der Waals surface area contributed by atoms with E-state index in [-0.39, 0.29) is 5.91 Å². The Bertz CT molecular complexity index is 825. The van der Waals surface area contributed by atoms with Crippen LogP contribution in [0.3, 0.4) is 0 Å². The third-order valence-electron chi connectivity index (χ3n) is 3.70. The minimum absolute atomic E-state index is 0.115. The van der Waals surface area contributed by atoms with Gasteiger partial charge in [0.05, 0.1) is 23.4 Å². The number of para-hydroxylation sites is 1. The van der Waals surface area contributed by atoms with Crippen molar-refractivity contribution in [2.75, 3.05) is 26.3 Å². The summed E-state index contributed by atoms with van der Waals surface area (Å²) < 4.78 is 6.37. The van der Waals surface area contributed by atoms with Gasteiger partial charge in [0.25, 0.3) is 5.91 Å². The molecule has 1 fully saturated rings. The lowest BCUT2D eigenvalue weighted by molar-refractivity contribution is 0.0299. The quantitative estimate of drug-likeness (QED) is 0.722. The molecule has 7 heteroatoms. The third-order valence-corrected chi connectivity index (χ3v) is 4.74. The van der Waals surface area contributed by atoms with Crippen LogP contribution in [0.5, 0.6) is 0 Å². The van der Waals surface area contributed by atoms with E-state index in [0.717, 1.165) is 15.2 Å². The molecule has 1 saturated heterocycles. The SMILES string of the molecule is O=C(c1nccnc1-c1nc2ccccc2s1)N1CCOCC1. The van der Waals surface area contributed by atoms with E-state index in [1.807, 2.05) is 24.3 Å². The van der Waals surface area contributed by atoms with Gasteiger partial charge in [-0.05, 0) is 12.1 Å². The van der Waals surface area contributed by atoms with Crippen LogP contribution < -0.4 is 0 Å². The first kappa shape index (κ1) is 14.2. The molecule has 0 atom stereocenters. The molecule has 0 radical (unpaired) electrons. The predicted octanol–water partition coefficient (Wildman–Crippen LogP) is 2.23. The molecule has 0 bridgehead atoms. The average Bonchev–Trinajstić information content (AvgIpc) is 3.06. The second-order valence-electron chi connectivity index (χ2n) is 5.14. The van der Waals surface area contributed by atoms with Gasteiger partial charge in [-0.3, -0.25) is 4.79 Å². The fraction of sp³-hybridized carbons (Fsp3) is 0.250. The van der Waals surface area contributed by atoms with Gasteiger partial charge < -0.3 is 9.64 Å². The number of hydrogen-bond acceptors (Lipinski definition) is 6. The van der Waals surface area contributed by atoms with Crippen LogP contribution in [0.4, 0.5) is 0 Å². The van der Waals surface area contributed by atoms with Crippen molar-refractivity contribution in [1.82, 2.24) is 19.9 Å². The lowest BCUT2D eigenvalue weighted by atomic mass is 10.2. The van der Waals surface area contributed by atoms with Crippen LogP contribution >= 0.6 is 11.3 Å². The van der Waals surface area contributed by atoms with Crippen molar-refractivity contribution in [3.8, 4) is 10.7 Å². The van der Waals surface area contributed by atoms with Crippen molar-refractivity contribution < 1.29 is 9.53 Å². The van der Waals surface area contributed by atoms with Crippen LogP contribution in [-0.4, -0.2) is 52.1 Å². The molecule has 0 N–H and O–H groups in total. The van der Waals surface area contributed by atoms with Gasteiger partial charge in [0.1, 0.15) is 10.7 Å². The van der Waals surface area contributed by atoms with Gasteiger partial charge >= 0.3 is 0 Å². The number of fused-ring (bicyclic) bond motifs is 1. The minimum atomic E-state index is -0.115. The first-order valence-electron chi connectivity index (χ1n) is 7.37. The summed E-state index contributed by atoms with van der Waals surface area (Å²) in [5.41, 5.74) is 1.81. The molecule has 3 aromatic rings. The Morgan fingerprint density at radius 1 is 1.13 bits per heavy atom. The third kappa shape index (κ3) is 2.69. The normalized spacial score (nSPS) is 15.0. The van der Waals surface area contributed by atoms with Crippen molar-refractivity contribution in [2.45, 2.75) is 0 Å². The Morgan fingerprint density at radius 2 is 1.91 bits per heavy atom. The van der Waals surface area contributed by atoms with Crippen molar-refractivity contribution >= 4 is 27.5 Å². The van der Waals surface area contributed by atoms with E-state index in [2.05, 4.69) is 15.0 Å². The highest BCUT2D eigenvalue weighted by Gasteiger charge is 2.24. The fourth-order valence-corrected chi connectivity index (χ4v) is 3.50. The molecule has 116 valence electrons. The van der Waals surface area contributed by atoms with E-state index in [1.54, 1.807) is 17.3 Å². The van der Waals surface area contributed by atoms with E-state index >= 15 is 0 Å². The largest absolute Gasteiger partial charge is 0.378 e. The number of nitrogens with zero attached hydrogens (tertiary/aromatic N) is 4. The molecule has 0 spiro atoms. The zero-order valence-electron chi connectivity index (χ0n) is 12.3. The first-order valence-corrected chi connectivity index (χ1v) is 8.18. The average molecular weight is 326 g/mol. The summed E-state index contributed by atoms with van der Waals surface area (Å²) in [7, 11) is 0. The molecule has 0 unspecified atom stereocenters. The van der Waals surface area contributed by atoms with Crippen LogP contribution in [0.1, 0.15) is 10.5 Å². The van der Waals surface area contributed by atoms with Gasteiger partial charge in [-0.15, -0.1) is 11.3 Å². The summed E-state index contributed by atoms with van der Waals surface area (Å²) in [6.07, 6.45) is 3.14. The molecule has 1 aliphatic heterocycles. The molecule has 0 saturated carbocycles. The zero-order valence-corrected chi connectivity index (χ0v) is 13.1. The van der Waals surface area contributed by atoms with Gasteiger partial charge in [0.2, 0.25) is 0 Å². The maximum atomic E-state index is 12.8. The number of hydrogen-bond donors (Lipinski definition) is 0. The van der Waals surface area contributed by atoms with E-state index in [9.17, 15) is 4.79 Å². The maximum absolute atomic E-state index is 12.8. The number of ether oxygens (including phenoxy) is 1. The Morgan fingerprint density at radius 3 is 2.74 bits per heavy atom. The van der Waals surface area contributed by atoms with Gasteiger partial charge in [0, 0.05) is 25.5 Å². The van der Waals surface area contributed by atoms with Gasteiger partial charge in [-0.1, -0.05) is 12.1 Å². The van der Waals surface area contributed by atoms with Crippen molar-refractivity contribution in [1.29, 1.82) is 0 Å². The molecule has 23 heavy (non-hydrogen) atoms. The summed E-state index contributed by atoms with van der Waals surface area (Å²) in [5, 5.41) is 0.718. The van der Waals surface area contributed by atoms with Crippen molar-refractivity contribution in [3.63, 3.8) is 0 Å². The van der Waals surface area contributed by atoms with E-state index in [0.29, 0.717) is 37.7 Å².